The molecule has 20 heavy (non-hydrogen) atoms. The summed E-state index contributed by atoms with van der Waals surface area (Å²) in [6.07, 6.45) is 0. The Bertz CT molecular complexity index is 659. The van der Waals surface area contributed by atoms with Crippen molar-refractivity contribution in [2.75, 3.05) is 11.1 Å². The summed E-state index contributed by atoms with van der Waals surface area (Å²) in [6, 6.07) is 10.4. The predicted octanol–water partition coefficient (Wildman–Crippen LogP) is 3.29. The van der Waals surface area contributed by atoms with Gasteiger partial charge in [-0.3, -0.25) is 4.79 Å². The number of halogens is 2. The van der Waals surface area contributed by atoms with Gasteiger partial charge in [-0.05, 0) is 29.8 Å². The quantitative estimate of drug-likeness (QED) is 0.758. The largest absolute Gasteiger partial charge is 0.399 e. The maximum Gasteiger partial charge on any atom is 0.250 e. The summed E-state index contributed by atoms with van der Waals surface area (Å²) in [6.45, 7) is 0.463. The van der Waals surface area contributed by atoms with Crippen molar-refractivity contribution in [2.24, 2.45) is 5.73 Å². The summed E-state index contributed by atoms with van der Waals surface area (Å²) in [5.41, 5.74) is 13.1. The van der Waals surface area contributed by atoms with Crippen molar-refractivity contribution in [3.05, 3.63) is 57.6 Å². The number of hydrogen-bond acceptors (Lipinski definition) is 3. The molecule has 0 heterocycles. The van der Waals surface area contributed by atoms with Gasteiger partial charge >= 0.3 is 0 Å². The van der Waals surface area contributed by atoms with Crippen molar-refractivity contribution in [1.29, 1.82) is 0 Å². The highest BCUT2D eigenvalue weighted by Crippen LogP contribution is 2.29. The molecule has 0 bridgehead atoms. The van der Waals surface area contributed by atoms with Crippen molar-refractivity contribution in [2.45, 2.75) is 6.54 Å². The molecule has 1 amide bonds. The Morgan fingerprint density at radius 3 is 2.60 bits per heavy atom. The smallest absolute Gasteiger partial charge is 0.250 e. The van der Waals surface area contributed by atoms with Crippen LogP contribution < -0.4 is 16.8 Å². The SMILES string of the molecule is NC(=O)c1cc(N)cc(Cl)c1NCc1cccc(Cl)c1. The summed E-state index contributed by atoms with van der Waals surface area (Å²) in [4.78, 5) is 11.4. The van der Waals surface area contributed by atoms with Gasteiger partial charge in [-0.2, -0.15) is 0 Å². The van der Waals surface area contributed by atoms with Gasteiger partial charge in [0.05, 0.1) is 16.3 Å². The Morgan fingerprint density at radius 1 is 1.20 bits per heavy atom. The summed E-state index contributed by atoms with van der Waals surface area (Å²) >= 11 is 12.0. The molecule has 0 atom stereocenters. The van der Waals surface area contributed by atoms with Crippen molar-refractivity contribution >= 4 is 40.5 Å². The normalized spacial score (nSPS) is 10.3. The summed E-state index contributed by atoms with van der Waals surface area (Å²) < 4.78 is 0. The Balaban J connectivity index is 2.27. The van der Waals surface area contributed by atoms with E-state index < -0.39 is 5.91 Å². The first-order valence-corrected chi connectivity index (χ1v) is 6.60. The number of nitrogens with one attached hydrogen (secondary N) is 1. The highest BCUT2D eigenvalue weighted by atomic mass is 35.5. The molecule has 4 nitrogen and oxygen atoms in total. The van der Waals surface area contributed by atoms with E-state index in [2.05, 4.69) is 5.32 Å². The van der Waals surface area contributed by atoms with Gasteiger partial charge in [0.25, 0.3) is 5.91 Å². The molecule has 0 aliphatic rings. The van der Waals surface area contributed by atoms with Crippen LogP contribution >= 0.6 is 23.2 Å². The van der Waals surface area contributed by atoms with Crippen LogP contribution in [0.25, 0.3) is 0 Å². The van der Waals surface area contributed by atoms with Crippen LogP contribution in [0, 0.1) is 0 Å². The lowest BCUT2D eigenvalue weighted by Gasteiger charge is -2.13. The standard InChI is InChI=1S/C14H13Cl2N3O/c15-9-3-1-2-8(4-9)7-19-13-11(14(18)20)5-10(17)6-12(13)16/h1-6,19H,7,17H2,(H2,18,20). The average Bonchev–Trinajstić information content (AvgIpc) is 2.36. The van der Waals surface area contributed by atoms with E-state index in [9.17, 15) is 4.79 Å². The molecule has 2 rings (SSSR count). The van der Waals surface area contributed by atoms with E-state index in [1.165, 1.54) is 6.07 Å². The van der Waals surface area contributed by atoms with Crippen LogP contribution in [0.1, 0.15) is 15.9 Å². The number of primary amides is 1. The van der Waals surface area contributed by atoms with E-state index in [0.717, 1.165) is 5.56 Å². The number of nitrogen functional groups attached to an aromatic ring is 1. The topological polar surface area (TPSA) is 81.1 Å². The Morgan fingerprint density at radius 2 is 1.95 bits per heavy atom. The van der Waals surface area contributed by atoms with E-state index in [1.807, 2.05) is 18.2 Å². The predicted molar refractivity (Wildman–Crippen MR) is 83.2 cm³/mol. The molecule has 104 valence electrons. The maximum atomic E-state index is 11.4. The van der Waals surface area contributed by atoms with E-state index in [1.54, 1.807) is 12.1 Å². The molecule has 0 saturated heterocycles. The number of hydrogen-bond donors (Lipinski definition) is 3. The van der Waals surface area contributed by atoms with Crippen molar-refractivity contribution in [3.8, 4) is 0 Å². The lowest BCUT2D eigenvalue weighted by atomic mass is 10.1. The molecule has 0 spiro atoms. The van der Waals surface area contributed by atoms with Gasteiger partial charge in [0.15, 0.2) is 0 Å². The lowest BCUT2D eigenvalue weighted by Crippen LogP contribution is -2.15. The number of benzene rings is 2. The van der Waals surface area contributed by atoms with Gasteiger partial charge in [-0.15, -0.1) is 0 Å². The zero-order chi connectivity index (χ0) is 14.7. The molecule has 2 aromatic rings. The first-order valence-electron chi connectivity index (χ1n) is 5.84. The molecule has 0 fully saturated rings. The van der Waals surface area contributed by atoms with Crippen LogP contribution in [0.4, 0.5) is 11.4 Å². The van der Waals surface area contributed by atoms with Crippen molar-refractivity contribution in [3.63, 3.8) is 0 Å². The number of carbonyl (C=O) groups is 1. The maximum absolute atomic E-state index is 11.4. The molecule has 0 radical (unpaired) electrons. The second-order valence-corrected chi connectivity index (χ2v) is 5.12. The van der Waals surface area contributed by atoms with Gasteiger partial charge in [0.1, 0.15) is 0 Å². The minimum Gasteiger partial charge on any atom is -0.399 e. The number of rotatable bonds is 4. The second-order valence-electron chi connectivity index (χ2n) is 4.27. The van der Waals surface area contributed by atoms with E-state index in [0.29, 0.717) is 28.0 Å². The minimum absolute atomic E-state index is 0.261. The molecule has 0 aliphatic carbocycles. The fraction of sp³-hybridized carbons (Fsp3) is 0.0714. The van der Waals surface area contributed by atoms with Gasteiger partial charge in [-0.1, -0.05) is 35.3 Å². The fourth-order valence-electron chi connectivity index (χ4n) is 1.84. The highest BCUT2D eigenvalue weighted by Gasteiger charge is 2.13. The van der Waals surface area contributed by atoms with Crippen molar-refractivity contribution in [1.82, 2.24) is 0 Å². The van der Waals surface area contributed by atoms with Crippen LogP contribution in [0.2, 0.25) is 10.0 Å². The van der Waals surface area contributed by atoms with Crippen LogP contribution in [-0.4, -0.2) is 5.91 Å². The molecule has 0 aliphatic heterocycles. The Hall–Kier alpha value is -1.91. The molecule has 5 N–H and O–H groups in total. The van der Waals surface area contributed by atoms with E-state index >= 15 is 0 Å². The van der Waals surface area contributed by atoms with E-state index in [4.69, 9.17) is 34.7 Å². The first-order chi connectivity index (χ1) is 9.47. The fourth-order valence-corrected chi connectivity index (χ4v) is 2.35. The average molecular weight is 310 g/mol. The number of anilines is 2. The molecule has 0 saturated carbocycles. The van der Waals surface area contributed by atoms with Crippen LogP contribution in [0.3, 0.4) is 0 Å². The zero-order valence-corrected chi connectivity index (χ0v) is 12.0. The van der Waals surface area contributed by atoms with Gasteiger partial charge < -0.3 is 16.8 Å². The van der Waals surface area contributed by atoms with Crippen LogP contribution in [-0.2, 0) is 6.54 Å². The number of carbonyl (C=O) groups excluding carboxylic acids is 1. The molecular formula is C14H13Cl2N3O. The van der Waals surface area contributed by atoms with Crippen LogP contribution in [0.15, 0.2) is 36.4 Å². The monoisotopic (exact) mass is 309 g/mol. The van der Waals surface area contributed by atoms with Gasteiger partial charge in [-0.25, -0.2) is 0 Å². The third-order valence-corrected chi connectivity index (χ3v) is 3.27. The number of nitrogens with two attached hydrogens (primary N) is 2. The molecule has 0 aromatic heterocycles. The molecule has 0 unspecified atom stereocenters. The van der Waals surface area contributed by atoms with E-state index in [-0.39, 0.29) is 5.56 Å². The molecular weight excluding hydrogens is 297 g/mol. The molecule has 2 aromatic carbocycles. The third kappa shape index (κ3) is 3.35. The minimum atomic E-state index is -0.590. The second kappa shape index (κ2) is 6.03. The van der Waals surface area contributed by atoms with Gasteiger partial charge in [0, 0.05) is 17.3 Å². The lowest BCUT2D eigenvalue weighted by molar-refractivity contribution is 0.100. The summed E-state index contributed by atoms with van der Waals surface area (Å²) in [7, 11) is 0. The summed E-state index contributed by atoms with van der Waals surface area (Å²) in [5, 5.41) is 4.08. The number of amides is 1. The van der Waals surface area contributed by atoms with Crippen molar-refractivity contribution < 1.29 is 4.79 Å². The van der Waals surface area contributed by atoms with Gasteiger partial charge in [0.2, 0.25) is 0 Å². The highest BCUT2D eigenvalue weighted by molar-refractivity contribution is 6.34. The Labute approximate surface area is 126 Å². The Kier molecular flexibility index (Phi) is 4.37. The molecule has 6 heteroatoms. The summed E-state index contributed by atoms with van der Waals surface area (Å²) in [5.74, 6) is -0.590. The third-order valence-electron chi connectivity index (χ3n) is 2.74. The zero-order valence-electron chi connectivity index (χ0n) is 10.5. The first kappa shape index (κ1) is 14.5. The van der Waals surface area contributed by atoms with Crippen LogP contribution in [0.5, 0.6) is 0 Å².